The van der Waals surface area contributed by atoms with Crippen LogP contribution in [-0.2, 0) is 19.0 Å². The fourth-order valence-electron chi connectivity index (χ4n) is 4.51. The lowest BCUT2D eigenvalue weighted by Crippen LogP contribution is -2.59. The van der Waals surface area contributed by atoms with E-state index in [9.17, 15) is 20.1 Å². The number of rotatable bonds is 9. The van der Waals surface area contributed by atoms with E-state index in [-0.39, 0.29) is 34.3 Å². The van der Waals surface area contributed by atoms with Crippen LogP contribution in [0.5, 0.6) is 17.2 Å². The molecule has 2 saturated heterocycles. The molecule has 14 heteroatoms. The largest absolute Gasteiger partial charge is 0.492 e. The van der Waals surface area contributed by atoms with Gasteiger partial charge in [-0.05, 0) is 48.9 Å². The van der Waals surface area contributed by atoms with E-state index in [0.717, 1.165) is 11.8 Å². The Bertz CT molecular complexity index is 1000. The van der Waals surface area contributed by atoms with E-state index in [4.69, 9.17) is 33.3 Å². The molecule has 0 amide bonds. The lowest BCUT2D eigenvalue weighted by molar-refractivity contribution is -0.273. The van der Waals surface area contributed by atoms with Crippen LogP contribution in [0.15, 0.2) is 5.16 Å². The van der Waals surface area contributed by atoms with Crippen LogP contribution in [0, 0.1) is 10.5 Å². The highest BCUT2D eigenvalue weighted by molar-refractivity contribution is 14.1. The van der Waals surface area contributed by atoms with Crippen molar-refractivity contribution in [3.05, 3.63) is 14.7 Å². The monoisotopic (exact) mass is 671 g/mol. The maximum atomic E-state index is 13.6. The number of hydrogen-bond donors (Lipinski definition) is 3. The number of methoxy groups -OCH3 is 3. The average Bonchev–Trinajstić information content (AvgIpc) is 2.87. The quantitative estimate of drug-likeness (QED) is 0.200. The number of aliphatic hydroxyl groups is 3. The van der Waals surface area contributed by atoms with Crippen molar-refractivity contribution in [1.82, 2.24) is 0 Å². The van der Waals surface area contributed by atoms with Crippen LogP contribution in [0.1, 0.15) is 36.2 Å². The van der Waals surface area contributed by atoms with Gasteiger partial charge in [0.15, 0.2) is 11.5 Å². The van der Waals surface area contributed by atoms with Gasteiger partial charge in [0.2, 0.25) is 23.4 Å². The van der Waals surface area contributed by atoms with E-state index in [1.807, 2.05) is 22.6 Å². The summed E-state index contributed by atoms with van der Waals surface area (Å²) in [5.41, 5.74) is 0.772. The molecule has 0 unspecified atom stereocenters. The van der Waals surface area contributed by atoms with Crippen LogP contribution in [0.3, 0.4) is 0 Å². The number of thioether (sulfide) groups is 1. The molecule has 0 radical (unpaired) electrons. The molecule has 0 aromatic heterocycles. The van der Waals surface area contributed by atoms with Crippen LogP contribution in [-0.4, -0.2) is 103 Å². The van der Waals surface area contributed by atoms with E-state index in [0.29, 0.717) is 9.13 Å². The van der Waals surface area contributed by atoms with Crippen LogP contribution < -0.4 is 14.2 Å². The van der Waals surface area contributed by atoms with Crippen LogP contribution in [0.4, 0.5) is 0 Å². The van der Waals surface area contributed by atoms with Crippen molar-refractivity contribution in [3.8, 4) is 17.2 Å². The molecular formula is C24H34INO11S. The maximum absolute atomic E-state index is 13.6. The predicted molar refractivity (Wildman–Crippen MR) is 146 cm³/mol. The van der Waals surface area contributed by atoms with Gasteiger partial charge in [-0.1, -0.05) is 16.9 Å². The third kappa shape index (κ3) is 6.16. The van der Waals surface area contributed by atoms with Gasteiger partial charge in [0.1, 0.15) is 18.3 Å². The van der Waals surface area contributed by atoms with Gasteiger partial charge in [-0.3, -0.25) is 4.79 Å². The van der Waals surface area contributed by atoms with Crippen molar-refractivity contribution >= 4 is 46.2 Å². The molecule has 12 nitrogen and oxygen atoms in total. The van der Waals surface area contributed by atoms with Crippen LogP contribution in [0.2, 0.25) is 0 Å². The zero-order valence-corrected chi connectivity index (χ0v) is 24.9. The first-order chi connectivity index (χ1) is 18.0. The summed E-state index contributed by atoms with van der Waals surface area (Å²) in [6, 6.07) is 0. The maximum Gasteiger partial charge on any atom is 0.229 e. The predicted octanol–water partition coefficient (Wildman–Crippen LogP) is 1.85. The zero-order valence-electron chi connectivity index (χ0n) is 22.0. The number of nitrogens with zero attached hydrogens (tertiary/aromatic N) is 1. The Labute approximate surface area is 239 Å². The van der Waals surface area contributed by atoms with E-state index in [1.165, 1.54) is 21.3 Å². The second kappa shape index (κ2) is 13.3. The molecule has 3 rings (SSSR count). The van der Waals surface area contributed by atoms with Gasteiger partial charge in [0.25, 0.3) is 0 Å². The Hall–Kier alpha value is -1.40. The molecule has 2 fully saturated rings. The number of oxime groups is 1. The Balaban J connectivity index is 1.94. The van der Waals surface area contributed by atoms with Crippen LogP contribution >= 0.6 is 34.4 Å². The smallest absolute Gasteiger partial charge is 0.229 e. The van der Waals surface area contributed by atoms with Crippen molar-refractivity contribution in [2.75, 3.05) is 21.3 Å². The number of hydrogen-bond acceptors (Lipinski definition) is 13. The standard InChI is InChI=1S/C24H34INO11S/c1-9-14(23(30)38-22-11(3)34-13(37-26-4)8-12(22)27)18(31-5)21(33-7)19(15(9)25)36-24-17(29)20(32-6)16(28)10(2)35-24/h10-13,16-17,20,22,24,27-29H,4,8H2,1-3,5-7H3/t10-,11+,12-,13-,16-,17+,20+,22+,24-/m0/s1. The minimum absolute atomic E-state index is 0.119. The summed E-state index contributed by atoms with van der Waals surface area (Å²) in [7, 11) is 4.17. The molecule has 0 spiro atoms. The summed E-state index contributed by atoms with van der Waals surface area (Å²) < 4.78 is 34.5. The van der Waals surface area contributed by atoms with Crippen molar-refractivity contribution in [2.45, 2.75) is 81.6 Å². The van der Waals surface area contributed by atoms with Crippen molar-refractivity contribution in [3.63, 3.8) is 0 Å². The lowest BCUT2D eigenvalue weighted by atomic mass is 9.99. The van der Waals surface area contributed by atoms with E-state index < -0.39 is 54.5 Å². The first kappa shape index (κ1) is 31.1. The highest BCUT2D eigenvalue weighted by Crippen LogP contribution is 2.48. The first-order valence-corrected chi connectivity index (χ1v) is 13.8. The van der Waals surface area contributed by atoms with Crippen molar-refractivity contribution in [1.29, 1.82) is 0 Å². The molecule has 3 N–H and O–H groups in total. The van der Waals surface area contributed by atoms with Gasteiger partial charge in [-0.2, -0.15) is 0 Å². The normalized spacial score (nSPS) is 33.4. The molecule has 2 heterocycles. The lowest BCUT2D eigenvalue weighted by Gasteiger charge is -2.40. The Morgan fingerprint density at radius 3 is 2.26 bits per heavy atom. The van der Waals surface area contributed by atoms with E-state index in [2.05, 4.69) is 11.9 Å². The second-order valence-electron chi connectivity index (χ2n) is 8.90. The summed E-state index contributed by atoms with van der Waals surface area (Å²) >= 11 is 2.94. The van der Waals surface area contributed by atoms with Gasteiger partial charge in [0.05, 0.1) is 46.9 Å². The molecule has 214 valence electrons. The highest BCUT2D eigenvalue weighted by atomic mass is 127. The summed E-state index contributed by atoms with van der Waals surface area (Å²) in [6.07, 6.45) is -7.24. The molecule has 38 heavy (non-hydrogen) atoms. The van der Waals surface area contributed by atoms with Crippen molar-refractivity contribution < 1.29 is 53.4 Å². The summed E-state index contributed by atoms with van der Waals surface area (Å²) in [5, 5.41) is 34.1. The SMILES string of the molecule is C=NO[C@H]1C[C@H](O)[C@H](SC(=O)c2c(C)c(I)c(O[C@@H]3O[C@@H](C)[C@H](O)[C@@H](OC)[C@H]3O)c(OC)c2OC)[C@@H](C)O1. The zero-order chi connectivity index (χ0) is 28.3. The summed E-state index contributed by atoms with van der Waals surface area (Å²) in [6.45, 7) is 8.36. The average molecular weight is 672 g/mol. The first-order valence-electron chi connectivity index (χ1n) is 11.8. The van der Waals surface area contributed by atoms with Gasteiger partial charge >= 0.3 is 0 Å². The summed E-state index contributed by atoms with van der Waals surface area (Å²) in [4.78, 5) is 18.6. The number of aliphatic hydroxyl groups excluding tert-OH is 3. The Morgan fingerprint density at radius 2 is 1.71 bits per heavy atom. The van der Waals surface area contributed by atoms with Gasteiger partial charge in [0, 0.05) is 20.2 Å². The molecular weight excluding hydrogens is 637 g/mol. The topological polar surface area (TPSA) is 155 Å². The van der Waals surface area contributed by atoms with Crippen molar-refractivity contribution in [2.24, 2.45) is 5.16 Å². The number of carbonyl (C=O) groups excluding carboxylic acids is 1. The minimum Gasteiger partial charge on any atom is -0.492 e. The van der Waals surface area contributed by atoms with E-state index >= 15 is 0 Å². The fourth-order valence-corrected chi connectivity index (χ4v) is 6.29. The number of halogens is 1. The third-order valence-corrected chi connectivity index (χ3v) is 9.21. The number of carbonyl (C=O) groups is 1. The molecule has 1 aromatic rings. The molecule has 0 aliphatic carbocycles. The minimum atomic E-state index is -1.31. The molecule has 2 aliphatic rings. The number of benzene rings is 1. The third-order valence-electron chi connectivity index (χ3n) is 6.52. The fraction of sp³-hybridized carbons (Fsp3) is 0.667. The van der Waals surface area contributed by atoms with Gasteiger partial charge in [-0.15, -0.1) is 0 Å². The molecule has 1 aromatic carbocycles. The Morgan fingerprint density at radius 1 is 1.05 bits per heavy atom. The highest BCUT2D eigenvalue weighted by Gasteiger charge is 2.45. The molecule has 0 bridgehead atoms. The molecule has 2 aliphatic heterocycles. The Kier molecular flexibility index (Phi) is 10.9. The number of ether oxygens (including phenoxy) is 6. The van der Waals surface area contributed by atoms with Gasteiger partial charge in [-0.25, -0.2) is 0 Å². The molecule has 0 saturated carbocycles. The molecule has 9 atom stereocenters. The van der Waals surface area contributed by atoms with Crippen LogP contribution in [0.25, 0.3) is 0 Å². The van der Waals surface area contributed by atoms with Gasteiger partial charge < -0.3 is 48.6 Å². The second-order valence-corrected chi connectivity index (χ2v) is 11.1. The summed E-state index contributed by atoms with van der Waals surface area (Å²) in [5.74, 6) is 0.433. The van der Waals surface area contributed by atoms with E-state index in [1.54, 1.807) is 20.8 Å².